The van der Waals surface area contributed by atoms with E-state index in [-0.39, 0.29) is 11.3 Å². The molecule has 1 heterocycles. The van der Waals surface area contributed by atoms with Gasteiger partial charge in [0.1, 0.15) is 5.69 Å². The second kappa shape index (κ2) is 4.69. The summed E-state index contributed by atoms with van der Waals surface area (Å²) in [6, 6.07) is 5.36. The molecule has 0 amide bonds. The summed E-state index contributed by atoms with van der Waals surface area (Å²) in [7, 11) is 0. The zero-order valence-electron chi connectivity index (χ0n) is 9.72. The maximum Gasteiger partial charge on any atom is 0.360 e. The number of nitrogens with zero attached hydrogens (tertiary/aromatic N) is 4. The first kappa shape index (κ1) is 13.0. The topological polar surface area (TPSA) is 142 Å². The van der Waals surface area contributed by atoms with E-state index in [1.807, 2.05) is 0 Å². The maximum atomic E-state index is 11.0. The molecule has 20 heavy (non-hydrogen) atoms. The monoisotopic (exact) mass is 274 g/mol. The van der Waals surface area contributed by atoms with Crippen LogP contribution in [0.2, 0.25) is 0 Å². The van der Waals surface area contributed by atoms with E-state index in [4.69, 9.17) is 10.4 Å². The van der Waals surface area contributed by atoms with Crippen LogP contribution < -0.4 is 0 Å². The van der Waals surface area contributed by atoms with Crippen molar-refractivity contribution in [3.8, 4) is 17.5 Å². The molecule has 100 valence electrons. The Balaban J connectivity index is 2.64. The fourth-order valence-electron chi connectivity index (χ4n) is 1.57. The second-order valence-electron chi connectivity index (χ2n) is 3.69. The molecular formula is C11H6N4O5. The van der Waals surface area contributed by atoms with Gasteiger partial charge in [0.15, 0.2) is 5.75 Å². The van der Waals surface area contributed by atoms with Gasteiger partial charge in [-0.2, -0.15) is 10.4 Å². The maximum absolute atomic E-state index is 11.0. The lowest BCUT2D eigenvalue weighted by molar-refractivity contribution is -0.384. The Hall–Kier alpha value is -3.41. The van der Waals surface area contributed by atoms with Gasteiger partial charge in [-0.1, -0.05) is 0 Å². The largest absolute Gasteiger partial charge is 0.504 e. The number of nitro groups is 1. The smallest absolute Gasteiger partial charge is 0.360 e. The van der Waals surface area contributed by atoms with E-state index in [9.17, 15) is 20.0 Å². The number of nitro benzene ring substituents is 1. The van der Waals surface area contributed by atoms with E-state index in [1.54, 1.807) is 6.07 Å². The summed E-state index contributed by atoms with van der Waals surface area (Å²) < 4.78 is 0.873. The first-order valence-electron chi connectivity index (χ1n) is 5.15. The number of aromatic nitrogens is 2. The number of rotatable bonds is 3. The summed E-state index contributed by atoms with van der Waals surface area (Å²) in [6.45, 7) is 0. The quantitative estimate of drug-likeness (QED) is 0.629. The van der Waals surface area contributed by atoms with Crippen LogP contribution in [-0.2, 0) is 0 Å². The molecule has 0 saturated heterocycles. The molecule has 0 bridgehead atoms. The Morgan fingerprint density at radius 3 is 2.70 bits per heavy atom. The molecule has 0 aliphatic carbocycles. The van der Waals surface area contributed by atoms with E-state index < -0.39 is 28.0 Å². The van der Waals surface area contributed by atoms with Crippen LogP contribution in [0.25, 0.3) is 5.69 Å². The van der Waals surface area contributed by atoms with E-state index >= 15 is 0 Å². The molecule has 0 aliphatic rings. The lowest BCUT2D eigenvalue weighted by atomic mass is 10.2. The molecule has 2 rings (SSSR count). The molecule has 9 heteroatoms. The van der Waals surface area contributed by atoms with Gasteiger partial charge in [0.2, 0.25) is 5.69 Å². The van der Waals surface area contributed by atoms with Gasteiger partial charge in [-0.25, -0.2) is 9.48 Å². The van der Waals surface area contributed by atoms with Crippen LogP contribution in [0, 0.1) is 21.4 Å². The van der Waals surface area contributed by atoms with Crippen molar-refractivity contribution in [3.63, 3.8) is 0 Å². The minimum absolute atomic E-state index is 0.0585. The van der Waals surface area contributed by atoms with Crippen molar-refractivity contribution >= 4 is 11.7 Å². The number of benzene rings is 1. The van der Waals surface area contributed by atoms with Crippen LogP contribution in [0.5, 0.6) is 5.75 Å². The summed E-state index contributed by atoms with van der Waals surface area (Å²) in [5.74, 6) is -2.08. The zero-order chi connectivity index (χ0) is 14.9. The summed E-state index contributed by atoms with van der Waals surface area (Å²) in [6.07, 6.45) is 0.942. The average Bonchev–Trinajstić information content (AvgIpc) is 2.80. The molecule has 0 spiro atoms. The SMILES string of the molecule is N#Cc1ccc(-n2cc(O)c(C(=O)O)n2)c([N+](=O)[O-])c1. The van der Waals surface area contributed by atoms with Crippen molar-refractivity contribution in [3.05, 3.63) is 45.8 Å². The predicted octanol–water partition coefficient (Wildman–Crippen LogP) is 1.06. The molecule has 2 N–H and O–H groups in total. The van der Waals surface area contributed by atoms with E-state index in [1.165, 1.54) is 12.1 Å². The molecule has 1 aromatic heterocycles. The number of carboxylic acids is 1. The molecule has 1 aromatic carbocycles. The molecule has 2 aromatic rings. The van der Waals surface area contributed by atoms with Crippen LogP contribution in [0.3, 0.4) is 0 Å². The van der Waals surface area contributed by atoms with Gasteiger partial charge < -0.3 is 10.2 Å². The fraction of sp³-hybridized carbons (Fsp3) is 0. The van der Waals surface area contributed by atoms with Crippen LogP contribution in [0.1, 0.15) is 16.1 Å². The number of hydrogen-bond acceptors (Lipinski definition) is 6. The van der Waals surface area contributed by atoms with Crippen molar-refractivity contribution in [1.29, 1.82) is 5.26 Å². The van der Waals surface area contributed by atoms with Crippen LogP contribution in [-0.4, -0.2) is 30.9 Å². The Bertz CT molecular complexity index is 759. The Morgan fingerprint density at radius 2 is 2.20 bits per heavy atom. The number of nitriles is 1. The van der Waals surface area contributed by atoms with Gasteiger partial charge in [0, 0.05) is 6.07 Å². The Morgan fingerprint density at radius 1 is 1.50 bits per heavy atom. The second-order valence-corrected chi connectivity index (χ2v) is 3.69. The number of hydrogen-bond donors (Lipinski definition) is 2. The van der Waals surface area contributed by atoms with Gasteiger partial charge >= 0.3 is 5.97 Å². The van der Waals surface area contributed by atoms with Gasteiger partial charge in [0.05, 0.1) is 22.8 Å². The minimum Gasteiger partial charge on any atom is -0.504 e. The Kier molecular flexibility index (Phi) is 3.06. The normalized spacial score (nSPS) is 9.95. The summed E-state index contributed by atoms with van der Waals surface area (Å²) >= 11 is 0. The van der Waals surface area contributed by atoms with Crippen LogP contribution in [0.15, 0.2) is 24.4 Å². The summed E-state index contributed by atoms with van der Waals surface area (Å²) in [4.78, 5) is 21.0. The van der Waals surface area contributed by atoms with Crippen LogP contribution in [0.4, 0.5) is 5.69 Å². The minimum atomic E-state index is -1.46. The van der Waals surface area contributed by atoms with Crippen molar-refractivity contribution in [1.82, 2.24) is 9.78 Å². The third-order valence-electron chi connectivity index (χ3n) is 2.45. The molecule has 0 unspecified atom stereocenters. The number of carboxylic acid groups (broad SMARTS) is 1. The number of aromatic carboxylic acids is 1. The summed E-state index contributed by atoms with van der Waals surface area (Å²) in [5.41, 5.74) is -1.03. The predicted molar refractivity (Wildman–Crippen MR) is 63.6 cm³/mol. The molecule has 0 fully saturated rings. The van der Waals surface area contributed by atoms with Gasteiger partial charge in [0.25, 0.3) is 5.69 Å². The molecule has 0 saturated carbocycles. The molecular weight excluding hydrogens is 268 g/mol. The molecule has 0 aliphatic heterocycles. The van der Waals surface area contributed by atoms with E-state index in [2.05, 4.69) is 5.10 Å². The van der Waals surface area contributed by atoms with Crippen molar-refractivity contribution in [2.75, 3.05) is 0 Å². The van der Waals surface area contributed by atoms with Gasteiger partial charge in [-0.15, -0.1) is 0 Å². The summed E-state index contributed by atoms with van der Waals surface area (Å²) in [5, 5.41) is 41.4. The van der Waals surface area contributed by atoms with Gasteiger partial charge in [-0.05, 0) is 12.1 Å². The number of carbonyl (C=O) groups is 1. The molecule has 0 radical (unpaired) electrons. The van der Waals surface area contributed by atoms with Crippen LogP contribution >= 0.6 is 0 Å². The lowest BCUT2D eigenvalue weighted by Crippen LogP contribution is -2.04. The average molecular weight is 274 g/mol. The van der Waals surface area contributed by atoms with Crippen molar-refractivity contribution in [2.24, 2.45) is 0 Å². The fourth-order valence-corrected chi connectivity index (χ4v) is 1.57. The zero-order valence-corrected chi connectivity index (χ0v) is 9.72. The standard InChI is InChI=1S/C11H6N4O5/c12-4-6-1-2-7(8(3-6)15(19)20)14-5-9(16)10(13-14)11(17)18/h1-3,5,16H,(H,17,18). The first-order chi connectivity index (χ1) is 9.43. The van der Waals surface area contributed by atoms with E-state index in [0.29, 0.717) is 0 Å². The highest BCUT2D eigenvalue weighted by atomic mass is 16.6. The first-order valence-corrected chi connectivity index (χ1v) is 5.15. The highest BCUT2D eigenvalue weighted by molar-refractivity contribution is 5.88. The Labute approximate surface area is 111 Å². The lowest BCUT2D eigenvalue weighted by Gasteiger charge is -2.02. The highest BCUT2D eigenvalue weighted by Gasteiger charge is 2.21. The van der Waals surface area contributed by atoms with Crippen molar-refractivity contribution in [2.45, 2.75) is 0 Å². The number of aromatic hydroxyl groups is 1. The molecule has 9 nitrogen and oxygen atoms in total. The van der Waals surface area contributed by atoms with Gasteiger partial charge in [-0.3, -0.25) is 10.1 Å². The van der Waals surface area contributed by atoms with Crippen molar-refractivity contribution < 1.29 is 19.9 Å². The highest BCUT2D eigenvalue weighted by Crippen LogP contribution is 2.26. The molecule has 0 atom stereocenters. The third kappa shape index (κ3) is 2.13. The third-order valence-corrected chi connectivity index (χ3v) is 2.45. The van der Waals surface area contributed by atoms with E-state index in [0.717, 1.165) is 16.9 Å².